The fraction of sp³-hybridized carbons (Fsp3) is 0.250. The van der Waals surface area contributed by atoms with E-state index in [1.54, 1.807) is 31.4 Å². The minimum Gasteiger partial charge on any atom is -0.274 e. The topological polar surface area (TPSA) is 55.3 Å². The number of rotatable bonds is 2. The minimum atomic E-state index is -0.210. The van der Waals surface area contributed by atoms with Gasteiger partial charge in [-0.05, 0) is 25.1 Å². The van der Waals surface area contributed by atoms with Crippen LogP contribution in [0.4, 0.5) is 0 Å². The van der Waals surface area contributed by atoms with E-state index in [-0.39, 0.29) is 5.91 Å². The zero-order valence-corrected chi connectivity index (χ0v) is 9.97. The number of benzene rings is 1. The van der Waals surface area contributed by atoms with Crippen LogP contribution in [0.25, 0.3) is 11.0 Å². The number of hydrogen-bond donors (Lipinski definition) is 0. The maximum Gasteiger partial charge on any atom is 0.277 e. The van der Waals surface area contributed by atoms with E-state index in [1.165, 1.54) is 12.2 Å². The van der Waals surface area contributed by atoms with Gasteiger partial charge in [-0.25, -0.2) is 10.0 Å². The first-order valence-corrected chi connectivity index (χ1v) is 5.17. The lowest BCUT2D eigenvalue weighted by atomic mass is 10.2. The second-order valence-electron chi connectivity index (χ2n) is 3.70. The third-order valence-electron chi connectivity index (χ3n) is 2.47. The van der Waals surface area contributed by atoms with E-state index < -0.39 is 0 Å². The standard InChI is InChI=1S/C12H13N3O2/c1-8-7-13-10-5-4-9(6-11(10)14-8)12(16)15(2)17-3/h4-7H,1-3H3. The van der Waals surface area contributed by atoms with Gasteiger partial charge in [0.2, 0.25) is 0 Å². The lowest BCUT2D eigenvalue weighted by molar-refractivity contribution is -0.0756. The fourth-order valence-electron chi connectivity index (χ4n) is 1.50. The molecule has 0 N–H and O–H groups in total. The van der Waals surface area contributed by atoms with Gasteiger partial charge in [0.25, 0.3) is 5.91 Å². The van der Waals surface area contributed by atoms with Crippen molar-refractivity contribution in [1.82, 2.24) is 15.0 Å². The molecule has 0 unspecified atom stereocenters. The molecule has 1 heterocycles. The van der Waals surface area contributed by atoms with Crippen LogP contribution in [0.2, 0.25) is 0 Å². The van der Waals surface area contributed by atoms with Crippen molar-refractivity contribution >= 4 is 16.9 Å². The zero-order chi connectivity index (χ0) is 12.4. The van der Waals surface area contributed by atoms with Crippen LogP contribution in [-0.4, -0.2) is 35.1 Å². The van der Waals surface area contributed by atoms with Gasteiger partial charge in [0.05, 0.1) is 23.8 Å². The van der Waals surface area contributed by atoms with Gasteiger partial charge in [-0.2, -0.15) is 0 Å². The predicted octanol–water partition coefficient (Wildman–Crippen LogP) is 1.57. The molecule has 0 radical (unpaired) electrons. The number of carbonyl (C=O) groups excluding carboxylic acids is 1. The molecule has 0 atom stereocenters. The summed E-state index contributed by atoms with van der Waals surface area (Å²) in [5, 5.41) is 1.17. The highest BCUT2D eigenvalue weighted by atomic mass is 16.7. The molecular weight excluding hydrogens is 218 g/mol. The highest BCUT2D eigenvalue weighted by Crippen LogP contribution is 2.13. The van der Waals surface area contributed by atoms with Gasteiger partial charge in [-0.3, -0.25) is 14.6 Å². The molecular formula is C12H13N3O2. The van der Waals surface area contributed by atoms with Gasteiger partial charge in [-0.15, -0.1) is 0 Å². The maximum absolute atomic E-state index is 11.9. The maximum atomic E-state index is 11.9. The molecule has 0 fully saturated rings. The van der Waals surface area contributed by atoms with Crippen LogP contribution in [0.1, 0.15) is 16.1 Å². The van der Waals surface area contributed by atoms with Crippen LogP contribution >= 0.6 is 0 Å². The number of aromatic nitrogens is 2. The summed E-state index contributed by atoms with van der Waals surface area (Å²) in [6.07, 6.45) is 1.70. The van der Waals surface area contributed by atoms with Crippen LogP contribution in [0.3, 0.4) is 0 Å². The highest BCUT2D eigenvalue weighted by Gasteiger charge is 2.12. The van der Waals surface area contributed by atoms with Crippen LogP contribution in [0, 0.1) is 6.92 Å². The first kappa shape index (κ1) is 11.5. The van der Waals surface area contributed by atoms with Crippen molar-refractivity contribution in [3.8, 4) is 0 Å². The van der Waals surface area contributed by atoms with Gasteiger partial charge in [0.15, 0.2) is 0 Å². The molecule has 2 rings (SSSR count). The van der Waals surface area contributed by atoms with Crippen LogP contribution in [0.5, 0.6) is 0 Å². The van der Waals surface area contributed by atoms with E-state index in [0.29, 0.717) is 11.1 Å². The van der Waals surface area contributed by atoms with Crippen molar-refractivity contribution < 1.29 is 9.63 Å². The zero-order valence-electron chi connectivity index (χ0n) is 9.97. The molecule has 0 saturated carbocycles. The Morgan fingerprint density at radius 1 is 1.35 bits per heavy atom. The Kier molecular flexibility index (Phi) is 3.01. The number of hydroxylamine groups is 2. The molecule has 5 heteroatoms. The summed E-state index contributed by atoms with van der Waals surface area (Å²) in [5.41, 5.74) is 2.83. The average molecular weight is 231 g/mol. The number of fused-ring (bicyclic) bond motifs is 1. The quantitative estimate of drug-likeness (QED) is 0.736. The second kappa shape index (κ2) is 4.47. The summed E-state index contributed by atoms with van der Waals surface area (Å²) >= 11 is 0. The molecule has 17 heavy (non-hydrogen) atoms. The Morgan fingerprint density at radius 2 is 2.12 bits per heavy atom. The Bertz CT molecular complexity index is 569. The molecule has 5 nitrogen and oxygen atoms in total. The molecule has 88 valence electrons. The van der Waals surface area contributed by atoms with Crippen molar-refractivity contribution in [1.29, 1.82) is 0 Å². The second-order valence-corrected chi connectivity index (χ2v) is 3.70. The van der Waals surface area contributed by atoms with E-state index >= 15 is 0 Å². The number of aryl methyl sites for hydroxylation is 1. The molecule has 0 bridgehead atoms. The van der Waals surface area contributed by atoms with Crippen molar-refractivity contribution in [2.45, 2.75) is 6.92 Å². The smallest absolute Gasteiger partial charge is 0.274 e. The normalized spacial score (nSPS) is 10.5. The molecule has 1 amide bonds. The van der Waals surface area contributed by atoms with Crippen molar-refractivity contribution in [2.24, 2.45) is 0 Å². The highest BCUT2D eigenvalue weighted by molar-refractivity contribution is 5.96. The Balaban J connectivity index is 2.47. The van der Waals surface area contributed by atoms with E-state index in [0.717, 1.165) is 11.2 Å². The molecule has 0 aliphatic heterocycles. The fourth-order valence-corrected chi connectivity index (χ4v) is 1.50. The first-order chi connectivity index (χ1) is 8.11. The SMILES string of the molecule is CON(C)C(=O)c1ccc2ncc(C)nc2c1. The Morgan fingerprint density at radius 3 is 2.82 bits per heavy atom. The molecule has 0 saturated heterocycles. The van der Waals surface area contributed by atoms with Crippen molar-refractivity contribution in [3.05, 3.63) is 35.7 Å². The molecule has 2 aromatic rings. The lowest BCUT2D eigenvalue weighted by Gasteiger charge is -2.13. The van der Waals surface area contributed by atoms with Crippen LogP contribution in [0.15, 0.2) is 24.4 Å². The average Bonchev–Trinajstić information content (AvgIpc) is 2.36. The van der Waals surface area contributed by atoms with Gasteiger partial charge in [-0.1, -0.05) is 0 Å². The Hall–Kier alpha value is -2.01. The monoisotopic (exact) mass is 231 g/mol. The third-order valence-corrected chi connectivity index (χ3v) is 2.47. The summed E-state index contributed by atoms with van der Waals surface area (Å²) in [4.78, 5) is 25.3. The van der Waals surface area contributed by atoms with Crippen molar-refractivity contribution in [2.75, 3.05) is 14.2 Å². The molecule has 0 aliphatic carbocycles. The number of nitrogens with zero attached hydrogens (tertiary/aromatic N) is 3. The van der Waals surface area contributed by atoms with E-state index in [4.69, 9.17) is 4.84 Å². The van der Waals surface area contributed by atoms with E-state index in [2.05, 4.69) is 9.97 Å². The largest absolute Gasteiger partial charge is 0.277 e. The first-order valence-electron chi connectivity index (χ1n) is 5.17. The van der Waals surface area contributed by atoms with Gasteiger partial charge in [0, 0.05) is 18.8 Å². The van der Waals surface area contributed by atoms with Gasteiger partial charge in [0.1, 0.15) is 0 Å². The summed E-state index contributed by atoms with van der Waals surface area (Å²) < 4.78 is 0. The number of carbonyl (C=O) groups is 1. The van der Waals surface area contributed by atoms with Crippen LogP contribution < -0.4 is 0 Å². The summed E-state index contributed by atoms with van der Waals surface area (Å²) in [6.45, 7) is 1.86. The molecule has 0 aliphatic rings. The minimum absolute atomic E-state index is 0.210. The summed E-state index contributed by atoms with van der Waals surface area (Å²) in [7, 11) is 3.01. The molecule has 1 aromatic carbocycles. The lowest BCUT2D eigenvalue weighted by Crippen LogP contribution is -2.25. The van der Waals surface area contributed by atoms with E-state index in [9.17, 15) is 4.79 Å². The van der Waals surface area contributed by atoms with E-state index in [1.807, 2.05) is 6.92 Å². The predicted molar refractivity (Wildman–Crippen MR) is 63.4 cm³/mol. The Labute approximate surface area is 99.0 Å². The summed E-state index contributed by atoms with van der Waals surface area (Å²) in [6, 6.07) is 5.20. The molecule has 0 spiro atoms. The summed E-state index contributed by atoms with van der Waals surface area (Å²) in [5.74, 6) is -0.210. The third kappa shape index (κ3) is 2.24. The molecule has 1 aromatic heterocycles. The number of amides is 1. The number of hydrogen-bond acceptors (Lipinski definition) is 4. The van der Waals surface area contributed by atoms with Crippen molar-refractivity contribution in [3.63, 3.8) is 0 Å². The van der Waals surface area contributed by atoms with Gasteiger partial charge < -0.3 is 0 Å². The van der Waals surface area contributed by atoms with Crippen LogP contribution in [-0.2, 0) is 4.84 Å². The van der Waals surface area contributed by atoms with Gasteiger partial charge >= 0.3 is 0 Å².